The monoisotopic (exact) mass is 215 g/mol. The lowest BCUT2D eigenvalue weighted by Gasteiger charge is -2.21. The molecule has 0 rings (SSSR count). The molecule has 4 nitrogen and oxygen atoms in total. The molecule has 3 N–H and O–H groups in total. The third-order valence-electron chi connectivity index (χ3n) is 2.33. The maximum atomic E-state index is 10.7. The number of nitrogens with zero attached hydrogens (tertiary/aromatic N) is 1. The molecule has 0 aliphatic heterocycles. The van der Waals surface area contributed by atoms with Gasteiger partial charge in [-0.25, -0.2) is 9.80 Å². The zero-order valence-corrected chi connectivity index (χ0v) is 10.1. The predicted octanol–water partition coefficient (Wildman–Crippen LogP) is 2.25. The van der Waals surface area contributed by atoms with Crippen molar-refractivity contribution in [2.24, 2.45) is 5.73 Å². The summed E-state index contributed by atoms with van der Waals surface area (Å²) in [6.45, 7) is 6.15. The first-order chi connectivity index (χ1) is 7.20. The average molecular weight is 215 g/mol. The Morgan fingerprint density at radius 3 is 1.87 bits per heavy atom. The second-order valence-corrected chi connectivity index (χ2v) is 3.88. The van der Waals surface area contributed by atoms with Crippen molar-refractivity contribution in [3.63, 3.8) is 0 Å². The molecule has 0 bridgehead atoms. The van der Waals surface area contributed by atoms with Crippen molar-refractivity contribution in [3.8, 4) is 0 Å². The maximum Gasteiger partial charge on any atom is 0.326 e. The van der Waals surface area contributed by atoms with E-state index in [4.69, 9.17) is 5.73 Å². The highest BCUT2D eigenvalue weighted by Crippen LogP contribution is 2.00. The van der Waals surface area contributed by atoms with Gasteiger partial charge >= 0.3 is 6.03 Å². The van der Waals surface area contributed by atoms with Crippen molar-refractivity contribution in [1.29, 1.82) is 0 Å². The molecule has 4 heteroatoms. The molecule has 0 aromatic carbocycles. The molecule has 0 aromatic rings. The van der Waals surface area contributed by atoms with Gasteiger partial charge in [-0.1, -0.05) is 39.5 Å². The molecule has 0 aromatic heterocycles. The van der Waals surface area contributed by atoms with Crippen LogP contribution in [0.1, 0.15) is 52.4 Å². The van der Waals surface area contributed by atoms with Gasteiger partial charge in [0.05, 0.1) is 0 Å². The first-order valence-electron chi connectivity index (χ1n) is 6.01. The van der Waals surface area contributed by atoms with Crippen LogP contribution >= 0.6 is 0 Å². The fourth-order valence-corrected chi connectivity index (χ4v) is 1.48. The van der Waals surface area contributed by atoms with Crippen LogP contribution in [-0.2, 0) is 0 Å². The number of hydrogen-bond donors (Lipinski definition) is 2. The molecular weight excluding hydrogens is 190 g/mol. The Morgan fingerprint density at radius 1 is 1.07 bits per heavy atom. The van der Waals surface area contributed by atoms with E-state index in [1.54, 1.807) is 0 Å². The van der Waals surface area contributed by atoms with E-state index in [0.29, 0.717) is 0 Å². The van der Waals surface area contributed by atoms with Gasteiger partial charge in [-0.2, -0.15) is 0 Å². The Labute approximate surface area is 93.2 Å². The first kappa shape index (κ1) is 14.2. The summed E-state index contributed by atoms with van der Waals surface area (Å²) < 4.78 is 0. The molecule has 0 spiro atoms. The number of primary amides is 1. The zero-order valence-electron chi connectivity index (χ0n) is 10.1. The van der Waals surface area contributed by atoms with Crippen LogP contribution in [0.15, 0.2) is 0 Å². The van der Waals surface area contributed by atoms with Crippen LogP contribution in [0.25, 0.3) is 0 Å². The normalized spacial score (nSPS) is 10.6. The van der Waals surface area contributed by atoms with Gasteiger partial charge < -0.3 is 5.73 Å². The van der Waals surface area contributed by atoms with E-state index in [2.05, 4.69) is 19.3 Å². The summed E-state index contributed by atoms with van der Waals surface area (Å²) in [5.41, 5.74) is 7.78. The van der Waals surface area contributed by atoms with Crippen LogP contribution in [0, 0.1) is 0 Å². The van der Waals surface area contributed by atoms with Crippen molar-refractivity contribution in [2.45, 2.75) is 52.4 Å². The van der Waals surface area contributed by atoms with E-state index in [9.17, 15) is 4.79 Å². The van der Waals surface area contributed by atoms with E-state index in [1.807, 2.05) is 5.01 Å². The van der Waals surface area contributed by atoms with Gasteiger partial charge in [-0.3, -0.25) is 5.43 Å². The number of amides is 2. The van der Waals surface area contributed by atoms with Crippen LogP contribution in [0.3, 0.4) is 0 Å². The zero-order chi connectivity index (χ0) is 11.5. The highest BCUT2D eigenvalue weighted by Gasteiger charge is 2.05. The van der Waals surface area contributed by atoms with Crippen molar-refractivity contribution >= 4 is 6.03 Å². The maximum absolute atomic E-state index is 10.7. The number of nitrogens with two attached hydrogens (primary N) is 1. The highest BCUT2D eigenvalue weighted by molar-refractivity contribution is 5.70. The first-order valence-corrected chi connectivity index (χ1v) is 6.01. The van der Waals surface area contributed by atoms with E-state index < -0.39 is 6.03 Å². The summed E-state index contributed by atoms with van der Waals surface area (Å²) >= 11 is 0. The smallest absolute Gasteiger partial charge is 0.326 e. The molecule has 0 atom stereocenters. The second-order valence-electron chi connectivity index (χ2n) is 3.88. The predicted molar refractivity (Wildman–Crippen MR) is 63.3 cm³/mol. The molecule has 0 heterocycles. The fourth-order valence-electron chi connectivity index (χ4n) is 1.48. The summed E-state index contributed by atoms with van der Waals surface area (Å²) in [6.07, 6.45) is 7.01. The van der Waals surface area contributed by atoms with Crippen LogP contribution in [0.5, 0.6) is 0 Å². The summed E-state index contributed by atoms with van der Waals surface area (Å²) in [7, 11) is 0. The van der Waals surface area contributed by atoms with Gasteiger partial charge in [0.1, 0.15) is 0 Å². The lowest BCUT2D eigenvalue weighted by Crippen LogP contribution is -2.45. The van der Waals surface area contributed by atoms with Crippen molar-refractivity contribution < 1.29 is 4.79 Å². The van der Waals surface area contributed by atoms with Gasteiger partial charge in [0.2, 0.25) is 0 Å². The van der Waals surface area contributed by atoms with Crippen molar-refractivity contribution in [1.82, 2.24) is 10.4 Å². The molecular formula is C11H25N3O. The third-order valence-corrected chi connectivity index (χ3v) is 2.33. The summed E-state index contributed by atoms with van der Waals surface area (Å²) in [6, 6.07) is -0.456. The lowest BCUT2D eigenvalue weighted by atomic mass is 10.2. The van der Waals surface area contributed by atoms with E-state index >= 15 is 0 Å². The molecule has 0 aliphatic rings. The SMILES string of the molecule is CCCCCN(CCCCC)NC(N)=O. The number of carbonyl (C=O) groups excluding carboxylic acids is 1. The quantitative estimate of drug-likeness (QED) is 0.458. The number of urea groups is 1. The third kappa shape index (κ3) is 9.53. The molecule has 0 fully saturated rings. The standard InChI is InChI=1S/C11H25N3O/c1-3-5-7-9-14(13-11(12)15)10-8-6-4-2/h3-10H2,1-2H3,(H3,12,13,15). The Kier molecular flexibility index (Phi) is 9.27. The molecule has 0 aliphatic carbocycles. The number of carbonyl (C=O) groups is 1. The van der Waals surface area contributed by atoms with Crippen LogP contribution in [0.4, 0.5) is 4.79 Å². The van der Waals surface area contributed by atoms with Crippen LogP contribution in [-0.4, -0.2) is 24.1 Å². The Balaban J connectivity index is 3.68. The van der Waals surface area contributed by atoms with Crippen LogP contribution < -0.4 is 11.2 Å². The fraction of sp³-hybridized carbons (Fsp3) is 0.909. The molecule has 0 saturated heterocycles. The van der Waals surface area contributed by atoms with Crippen molar-refractivity contribution in [2.75, 3.05) is 13.1 Å². The topological polar surface area (TPSA) is 58.4 Å². The second kappa shape index (κ2) is 9.77. The van der Waals surface area contributed by atoms with Gasteiger partial charge in [0, 0.05) is 13.1 Å². The van der Waals surface area contributed by atoms with Crippen LogP contribution in [0.2, 0.25) is 0 Å². The van der Waals surface area contributed by atoms with E-state index in [-0.39, 0.29) is 0 Å². The Bertz CT molecular complexity index is 152. The number of unbranched alkanes of at least 4 members (excludes halogenated alkanes) is 4. The summed E-state index contributed by atoms with van der Waals surface area (Å²) in [4.78, 5) is 10.7. The number of rotatable bonds is 9. The van der Waals surface area contributed by atoms with Gasteiger partial charge in [0.25, 0.3) is 0 Å². The Morgan fingerprint density at radius 2 is 1.53 bits per heavy atom. The average Bonchev–Trinajstić information content (AvgIpc) is 2.17. The molecule has 0 unspecified atom stereocenters. The lowest BCUT2D eigenvalue weighted by molar-refractivity contribution is 0.177. The van der Waals surface area contributed by atoms with E-state index in [1.165, 1.54) is 25.7 Å². The number of hydrogen-bond acceptors (Lipinski definition) is 2. The minimum atomic E-state index is -0.456. The summed E-state index contributed by atoms with van der Waals surface area (Å²) in [5.74, 6) is 0. The Hall–Kier alpha value is -0.770. The molecule has 0 radical (unpaired) electrons. The highest BCUT2D eigenvalue weighted by atomic mass is 16.2. The van der Waals surface area contributed by atoms with Gasteiger partial charge in [-0.05, 0) is 12.8 Å². The number of nitrogens with one attached hydrogen (secondary N) is 1. The summed E-state index contributed by atoms with van der Waals surface area (Å²) in [5, 5.41) is 1.94. The molecule has 15 heavy (non-hydrogen) atoms. The molecule has 2 amide bonds. The largest absolute Gasteiger partial charge is 0.351 e. The minimum Gasteiger partial charge on any atom is -0.351 e. The minimum absolute atomic E-state index is 0.456. The molecule has 0 saturated carbocycles. The van der Waals surface area contributed by atoms with Gasteiger partial charge in [0.15, 0.2) is 0 Å². The molecule has 90 valence electrons. The number of hydrazine groups is 1. The van der Waals surface area contributed by atoms with Crippen molar-refractivity contribution in [3.05, 3.63) is 0 Å². The van der Waals surface area contributed by atoms with E-state index in [0.717, 1.165) is 25.9 Å². The van der Waals surface area contributed by atoms with Gasteiger partial charge in [-0.15, -0.1) is 0 Å².